The van der Waals surface area contributed by atoms with Crippen molar-refractivity contribution in [2.24, 2.45) is 0 Å². The zero-order valence-corrected chi connectivity index (χ0v) is 12.9. The van der Waals surface area contributed by atoms with Gasteiger partial charge in [0.15, 0.2) is 0 Å². The van der Waals surface area contributed by atoms with Crippen molar-refractivity contribution in [1.82, 2.24) is 19.9 Å². The summed E-state index contributed by atoms with van der Waals surface area (Å²) >= 11 is 0. The number of aromatic amines is 1. The molecule has 0 spiro atoms. The molecule has 0 fully saturated rings. The predicted molar refractivity (Wildman–Crippen MR) is 84.7 cm³/mol. The second-order valence-corrected chi connectivity index (χ2v) is 5.83. The lowest BCUT2D eigenvalue weighted by molar-refractivity contribution is 0.0780. The molecule has 5 nitrogen and oxygen atoms in total. The van der Waals surface area contributed by atoms with Crippen molar-refractivity contribution in [1.29, 1.82) is 0 Å². The minimum Gasteiger partial charge on any atom is -0.358 e. The monoisotopic (exact) mass is 310 g/mol. The number of likely N-dealkylation sites (N-methyl/N-ethyl adjacent to an activating group) is 1. The molecule has 116 valence electrons. The molecule has 1 amide bonds. The summed E-state index contributed by atoms with van der Waals surface area (Å²) in [4.78, 5) is 25.5. The minimum atomic E-state index is -0.572. The van der Waals surface area contributed by atoms with Gasteiger partial charge in [-0.2, -0.15) is 4.39 Å². The van der Waals surface area contributed by atoms with Crippen LogP contribution in [0.15, 0.2) is 24.3 Å². The summed E-state index contributed by atoms with van der Waals surface area (Å²) in [5, 5.41) is 0. The first-order chi connectivity index (χ1) is 11.0. The van der Waals surface area contributed by atoms with Crippen molar-refractivity contribution in [3.8, 4) is 11.3 Å². The number of fused-ring (bicyclic) bond motifs is 2. The number of nitrogens with zero attached hydrogens (tertiary/aromatic N) is 3. The number of H-pyrrole nitrogens is 1. The number of carbonyl (C=O) groups is 1. The maximum atomic E-state index is 13.8. The summed E-state index contributed by atoms with van der Waals surface area (Å²) in [5.74, 6) is -0.570. The molecule has 0 saturated carbocycles. The van der Waals surface area contributed by atoms with Crippen LogP contribution in [-0.4, -0.2) is 39.4 Å². The van der Waals surface area contributed by atoms with Crippen LogP contribution in [0.25, 0.3) is 22.3 Å². The summed E-state index contributed by atoms with van der Waals surface area (Å²) in [5.41, 5.74) is 4.51. The van der Waals surface area contributed by atoms with Gasteiger partial charge < -0.3 is 9.88 Å². The summed E-state index contributed by atoms with van der Waals surface area (Å²) in [6.07, 6.45) is 0.779. The number of para-hydroxylation sites is 1. The third-order valence-corrected chi connectivity index (χ3v) is 4.28. The molecule has 0 radical (unpaired) electrons. The van der Waals surface area contributed by atoms with Crippen molar-refractivity contribution in [2.45, 2.75) is 13.3 Å². The van der Waals surface area contributed by atoms with Gasteiger partial charge in [-0.15, -0.1) is 0 Å². The SMILES string of the molecule is Cc1nc2cccc(-c3cc4c([nH]3)CCN(C)C4=O)c2nc1F. The predicted octanol–water partition coefficient (Wildman–Crippen LogP) is 2.70. The number of nitrogens with one attached hydrogen (secondary N) is 1. The molecule has 3 aromatic rings. The highest BCUT2D eigenvalue weighted by Gasteiger charge is 2.24. The van der Waals surface area contributed by atoms with Gasteiger partial charge in [0.05, 0.1) is 16.8 Å². The number of hydrogen-bond acceptors (Lipinski definition) is 3. The number of carbonyl (C=O) groups excluding carboxylic acids is 1. The molecule has 0 unspecified atom stereocenters. The molecule has 4 rings (SSSR count). The Kier molecular flexibility index (Phi) is 2.94. The fourth-order valence-corrected chi connectivity index (χ4v) is 2.98. The summed E-state index contributed by atoms with van der Waals surface area (Å²) in [6.45, 7) is 2.28. The van der Waals surface area contributed by atoms with E-state index in [0.29, 0.717) is 23.1 Å². The topological polar surface area (TPSA) is 61.9 Å². The fraction of sp³-hybridized carbons (Fsp3) is 0.235. The zero-order valence-electron chi connectivity index (χ0n) is 12.9. The molecule has 0 atom stereocenters. The highest BCUT2D eigenvalue weighted by molar-refractivity contribution is 5.99. The first kappa shape index (κ1) is 13.9. The van der Waals surface area contributed by atoms with E-state index in [4.69, 9.17) is 0 Å². The Morgan fingerprint density at radius 2 is 2.09 bits per heavy atom. The summed E-state index contributed by atoms with van der Waals surface area (Å²) in [6, 6.07) is 7.34. The lowest BCUT2D eigenvalue weighted by Gasteiger charge is -2.21. The van der Waals surface area contributed by atoms with Gasteiger partial charge >= 0.3 is 0 Å². The Morgan fingerprint density at radius 1 is 1.26 bits per heavy atom. The molecular formula is C17H15FN4O. The van der Waals surface area contributed by atoms with Crippen LogP contribution in [0, 0.1) is 12.9 Å². The maximum absolute atomic E-state index is 13.8. The van der Waals surface area contributed by atoms with Gasteiger partial charge in [0, 0.05) is 37.0 Å². The molecule has 1 aliphatic heterocycles. The van der Waals surface area contributed by atoms with Gasteiger partial charge in [-0.3, -0.25) is 4.79 Å². The van der Waals surface area contributed by atoms with Crippen LogP contribution in [0.1, 0.15) is 21.7 Å². The smallest absolute Gasteiger partial charge is 0.255 e. The van der Waals surface area contributed by atoms with E-state index in [1.807, 2.05) is 18.2 Å². The third kappa shape index (κ3) is 2.10. The number of aryl methyl sites for hydroxylation is 1. The van der Waals surface area contributed by atoms with Crippen LogP contribution < -0.4 is 0 Å². The van der Waals surface area contributed by atoms with E-state index < -0.39 is 5.95 Å². The van der Waals surface area contributed by atoms with Gasteiger partial charge in [0.2, 0.25) is 5.95 Å². The minimum absolute atomic E-state index is 0.00194. The number of benzene rings is 1. The van der Waals surface area contributed by atoms with Gasteiger partial charge in [0.25, 0.3) is 5.91 Å². The first-order valence-electron chi connectivity index (χ1n) is 7.45. The highest BCUT2D eigenvalue weighted by atomic mass is 19.1. The van der Waals surface area contributed by atoms with E-state index in [-0.39, 0.29) is 11.6 Å². The van der Waals surface area contributed by atoms with E-state index >= 15 is 0 Å². The van der Waals surface area contributed by atoms with Crippen LogP contribution in [-0.2, 0) is 6.42 Å². The van der Waals surface area contributed by atoms with E-state index in [0.717, 1.165) is 23.4 Å². The van der Waals surface area contributed by atoms with Crippen LogP contribution in [0.3, 0.4) is 0 Å². The van der Waals surface area contributed by atoms with Crippen molar-refractivity contribution >= 4 is 16.9 Å². The van der Waals surface area contributed by atoms with Crippen LogP contribution in [0.4, 0.5) is 4.39 Å². The number of rotatable bonds is 1. The summed E-state index contributed by atoms with van der Waals surface area (Å²) in [7, 11) is 1.79. The van der Waals surface area contributed by atoms with Crippen LogP contribution >= 0.6 is 0 Å². The highest BCUT2D eigenvalue weighted by Crippen LogP contribution is 2.30. The molecule has 2 aromatic heterocycles. The molecule has 1 aliphatic rings. The van der Waals surface area contributed by atoms with Gasteiger partial charge in [-0.1, -0.05) is 12.1 Å². The van der Waals surface area contributed by atoms with Gasteiger partial charge in [-0.25, -0.2) is 9.97 Å². The van der Waals surface area contributed by atoms with Crippen molar-refractivity contribution in [3.05, 3.63) is 47.2 Å². The Balaban J connectivity index is 1.92. The molecule has 6 heteroatoms. The second-order valence-electron chi connectivity index (χ2n) is 5.83. The average molecular weight is 310 g/mol. The maximum Gasteiger partial charge on any atom is 0.255 e. The molecule has 0 aliphatic carbocycles. The molecule has 0 saturated heterocycles. The van der Waals surface area contributed by atoms with Crippen molar-refractivity contribution < 1.29 is 9.18 Å². The Morgan fingerprint density at radius 3 is 2.91 bits per heavy atom. The van der Waals surface area contributed by atoms with E-state index in [1.54, 1.807) is 24.9 Å². The lowest BCUT2D eigenvalue weighted by Crippen LogP contribution is -2.33. The largest absolute Gasteiger partial charge is 0.358 e. The first-order valence-corrected chi connectivity index (χ1v) is 7.45. The number of aromatic nitrogens is 3. The third-order valence-electron chi connectivity index (χ3n) is 4.28. The quantitative estimate of drug-likeness (QED) is 0.751. The Bertz CT molecular complexity index is 947. The molecule has 23 heavy (non-hydrogen) atoms. The fourth-order valence-electron chi connectivity index (χ4n) is 2.98. The van der Waals surface area contributed by atoms with Crippen LogP contribution in [0.5, 0.6) is 0 Å². The van der Waals surface area contributed by atoms with Crippen molar-refractivity contribution in [3.63, 3.8) is 0 Å². The summed E-state index contributed by atoms with van der Waals surface area (Å²) < 4.78 is 13.8. The van der Waals surface area contributed by atoms with E-state index in [1.165, 1.54) is 0 Å². The van der Waals surface area contributed by atoms with Gasteiger partial charge in [-0.05, 0) is 19.1 Å². The molecular weight excluding hydrogens is 295 g/mol. The van der Waals surface area contributed by atoms with Crippen LogP contribution in [0.2, 0.25) is 0 Å². The molecule has 1 aromatic carbocycles. The number of halogens is 1. The van der Waals surface area contributed by atoms with E-state index in [9.17, 15) is 9.18 Å². The van der Waals surface area contributed by atoms with Crippen molar-refractivity contribution in [2.75, 3.05) is 13.6 Å². The second kappa shape index (κ2) is 4.87. The number of amides is 1. The Hall–Kier alpha value is -2.76. The Labute approximate surface area is 132 Å². The molecule has 3 heterocycles. The average Bonchev–Trinajstić information content (AvgIpc) is 2.96. The van der Waals surface area contributed by atoms with Gasteiger partial charge in [0.1, 0.15) is 5.52 Å². The molecule has 1 N–H and O–H groups in total. The normalized spacial score (nSPS) is 14.4. The van der Waals surface area contributed by atoms with E-state index in [2.05, 4.69) is 15.0 Å². The standard InChI is InChI=1S/C17H15FN4O/c1-9-16(18)21-15-10(4-3-5-13(15)19-9)14-8-11-12(20-14)6-7-22(2)17(11)23/h3-5,8,20H,6-7H2,1-2H3. The number of hydrogen-bond donors (Lipinski definition) is 1. The lowest BCUT2D eigenvalue weighted by atomic mass is 10.1. The zero-order chi connectivity index (χ0) is 16.1. The molecule has 0 bridgehead atoms.